The molecule has 0 fully saturated rings. The largest absolute Gasteiger partial charge is 0.398 e. The summed E-state index contributed by atoms with van der Waals surface area (Å²) in [6, 6.07) is 9.41. The third kappa shape index (κ3) is 4.57. The lowest BCUT2D eigenvalue weighted by atomic mass is 10.3. The molecule has 1 aromatic heterocycles. The van der Waals surface area contributed by atoms with Crippen molar-refractivity contribution in [2.75, 3.05) is 10.5 Å². The molecule has 0 unspecified atom stereocenters. The molecule has 3 aromatic rings. The van der Waals surface area contributed by atoms with Crippen molar-refractivity contribution < 1.29 is 21.4 Å². The quantitative estimate of drug-likeness (QED) is 0.361. The maximum Gasteiger partial charge on any atom is 0.296 e. The Morgan fingerprint density at radius 3 is 2.20 bits per heavy atom. The van der Waals surface area contributed by atoms with E-state index in [1.54, 1.807) is 0 Å². The Morgan fingerprint density at radius 1 is 1.00 bits per heavy atom. The second-order valence-electron chi connectivity index (χ2n) is 5.86. The lowest BCUT2D eigenvalue weighted by Crippen LogP contribution is -2.21. The fourth-order valence-corrected chi connectivity index (χ4v) is 4.51. The zero-order valence-corrected chi connectivity index (χ0v) is 17.8. The average Bonchev–Trinajstić information content (AvgIpc) is 2.63. The van der Waals surface area contributed by atoms with Crippen LogP contribution in [-0.4, -0.2) is 31.2 Å². The number of aromatic nitrogens is 2. The van der Waals surface area contributed by atoms with Crippen molar-refractivity contribution in [1.29, 1.82) is 0 Å². The van der Waals surface area contributed by atoms with Crippen LogP contribution in [0, 0.1) is 0 Å². The Labute approximate surface area is 180 Å². The highest BCUT2D eigenvalue weighted by Gasteiger charge is 2.18. The third-order valence-corrected chi connectivity index (χ3v) is 6.55. The number of rotatable bonds is 5. The van der Waals surface area contributed by atoms with Gasteiger partial charge >= 0.3 is 0 Å². The summed E-state index contributed by atoms with van der Waals surface area (Å²) >= 11 is 11.6. The summed E-state index contributed by atoms with van der Waals surface area (Å²) < 4.78 is 59.7. The maximum absolute atomic E-state index is 12.6. The molecular weight excluding hydrogens is 479 g/mol. The van der Waals surface area contributed by atoms with Gasteiger partial charge in [0, 0.05) is 6.07 Å². The van der Waals surface area contributed by atoms with Crippen molar-refractivity contribution >= 4 is 54.7 Å². The van der Waals surface area contributed by atoms with E-state index in [0.29, 0.717) is 0 Å². The molecule has 30 heavy (non-hydrogen) atoms. The predicted molar refractivity (Wildman–Crippen MR) is 111 cm³/mol. The van der Waals surface area contributed by atoms with Crippen molar-refractivity contribution in [1.82, 2.24) is 9.78 Å². The second kappa shape index (κ2) is 7.89. The van der Waals surface area contributed by atoms with Crippen LogP contribution in [0.2, 0.25) is 10.2 Å². The third-order valence-electron chi connectivity index (χ3n) is 3.77. The number of nitrogens with one attached hydrogen (secondary N) is 1. The SMILES string of the molecule is Nc1cc(NS(=O)(=O)c2ccc(-n3nc(Cl)cc(Cl)c3=O)cc2)ccc1S(=O)(=O)O. The Hall–Kier alpha value is -2.64. The Balaban J connectivity index is 1.91. The summed E-state index contributed by atoms with van der Waals surface area (Å²) in [6.07, 6.45) is 0. The summed E-state index contributed by atoms with van der Waals surface area (Å²) in [4.78, 5) is 11.4. The minimum Gasteiger partial charge on any atom is -0.398 e. The number of benzene rings is 2. The molecule has 1 heterocycles. The first-order valence-electron chi connectivity index (χ1n) is 7.84. The van der Waals surface area contributed by atoms with Gasteiger partial charge in [0.2, 0.25) is 0 Å². The fraction of sp³-hybridized carbons (Fsp3) is 0. The van der Waals surface area contributed by atoms with Crippen molar-refractivity contribution in [2.24, 2.45) is 0 Å². The van der Waals surface area contributed by atoms with E-state index in [0.717, 1.165) is 22.9 Å². The van der Waals surface area contributed by atoms with E-state index < -0.39 is 30.6 Å². The molecule has 0 aliphatic heterocycles. The van der Waals surface area contributed by atoms with Crippen molar-refractivity contribution in [3.8, 4) is 5.69 Å². The van der Waals surface area contributed by atoms with Gasteiger partial charge in [0.05, 0.1) is 22.0 Å². The lowest BCUT2D eigenvalue weighted by Gasteiger charge is -2.11. The van der Waals surface area contributed by atoms with Gasteiger partial charge in [0.15, 0.2) is 5.15 Å². The molecule has 0 amide bonds. The highest BCUT2D eigenvalue weighted by Crippen LogP contribution is 2.24. The van der Waals surface area contributed by atoms with E-state index in [1.165, 1.54) is 30.3 Å². The van der Waals surface area contributed by atoms with Gasteiger partial charge in [-0.3, -0.25) is 14.1 Å². The normalized spacial score (nSPS) is 12.0. The van der Waals surface area contributed by atoms with Gasteiger partial charge in [-0.25, -0.2) is 8.42 Å². The standard InChI is InChI=1S/C16H12Cl2N4O6S2/c17-12-8-15(18)20-22(16(12)23)10-2-4-11(5-3-10)29(24,25)21-9-1-6-14(13(19)7-9)30(26,27)28/h1-8,21H,19H2,(H,26,27,28). The number of hydrogen-bond donors (Lipinski definition) is 3. The highest BCUT2D eigenvalue weighted by molar-refractivity contribution is 7.92. The summed E-state index contributed by atoms with van der Waals surface area (Å²) in [7, 11) is -8.62. The van der Waals surface area contributed by atoms with Crippen LogP contribution in [0.3, 0.4) is 0 Å². The van der Waals surface area contributed by atoms with Crippen molar-refractivity contribution in [2.45, 2.75) is 9.79 Å². The first-order valence-corrected chi connectivity index (χ1v) is 11.5. The minimum absolute atomic E-state index is 0.0242. The summed E-state index contributed by atoms with van der Waals surface area (Å²) in [5, 5.41) is 3.66. The predicted octanol–water partition coefficient (Wildman–Crippen LogP) is 2.17. The first-order chi connectivity index (χ1) is 13.9. The number of nitrogens with zero attached hydrogens (tertiary/aromatic N) is 2. The van der Waals surface area contributed by atoms with Crippen molar-refractivity contribution in [3.63, 3.8) is 0 Å². The summed E-state index contributed by atoms with van der Waals surface area (Å²) in [5.41, 5.74) is 4.78. The van der Waals surface area contributed by atoms with Crippen LogP contribution < -0.4 is 16.0 Å². The van der Waals surface area contributed by atoms with Gasteiger partial charge in [-0.1, -0.05) is 23.2 Å². The van der Waals surface area contributed by atoms with E-state index in [1.807, 2.05) is 0 Å². The van der Waals surface area contributed by atoms with E-state index >= 15 is 0 Å². The molecular formula is C16H12Cl2N4O6S2. The Morgan fingerprint density at radius 2 is 1.63 bits per heavy atom. The Bertz CT molecular complexity index is 1400. The van der Waals surface area contributed by atoms with Crippen LogP contribution in [0.4, 0.5) is 11.4 Å². The molecule has 0 saturated carbocycles. The average molecular weight is 491 g/mol. The van der Waals surface area contributed by atoms with E-state index in [-0.39, 0.29) is 32.1 Å². The number of halogens is 2. The number of sulfonamides is 1. The van der Waals surface area contributed by atoms with Crippen LogP contribution in [0.1, 0.15) is 0 Å². The lowest BCUT2D eigenvalue weighted by molar-refractivity contribution is 0.483. The second-order valence-corrected chi connectivity index (χ2v) is 9.73. The monoisotopic (exact) mass is 490 g/mol. The molecule has 4 N–H and O–H groups in total. The molecule has 2 aromatic carbocycles. The number of nitrogens with two attached hydrogens (primary N) is 1. The minimum atomic E-state index is -4.54. The molecule has 10 nitrogen and oxygen atoms in total. The molecule has 3 rings (SSSR count). The van der Waals surface area contributed by atoms with Crippen LogP contribution in [0.15, 0.2) is 63.1 Å². The van der Waals surface area contributed by atoms with Crippen molar-refractivity contribution in [3.05, 3.63) is 69.1 Å². The van der Waals surface area contributed by atoms with Crippen LogP contribution in [-0.2, 0) is 20.1 Å². The van der Waals surface area contributed by atoms with Crippen LogP contribution in [0.25, 0.3) is 5.69 Å². The van der Waals surface area contributed by atoms with Gasteiger partial charge < -0.3 is 5.73 Å². The molecule has 0 atom stereocenters. The smallest absolute Gasteiger partial charge is 0.296 e. The fourth-order valence-electron chi connectivity index (χ4n) is 2.44. The van der Waals surface area contributed by atoms with E-state index in [2.05, 4.69) is 9.82 Å². The molecule has 0 spiro atoms. The van der Waals surface area contributed by atoms with Crippen LogP contribution >= 0.6 is 23.2 Å². The van der Waals surface area contributed by atoms with Gasteiger partial charge in [-0.05, 0) is 42.5 Å². The highest BCUT2D eigenvalue weighted by atomic mass is 35.5. The topological polar surface area (TPSA) is 161 Å². The molecule has 0 radical (unpaired) electrons. The summed E-state index contributed by atoms with van der Waals surface area (Å²) in [6.45, 7) is 0. The number of anilines is 2. The molecule has 14 heteroatoms. The molecule has 0 saturated heterocycles. The number of nitrogen functional groups attached to an aromatic ring is 1. The summed E-state index contributed by atoms with van der Waals surface area (Å²) in [5.74, 6) is 0. The van der Waals surface area contributed by atoms with Gasteiger partial charge in [-0.2, -0.15) is 18.2 Å². The van der Waals surface area contributed by atoms with Gasteiger partial charge in [0.1, 0.15) is 9.92 Å². The zero-order valence-electron chi connectivity index (χ0n) is 14.7. The number of hydrogen-bond acceptors (Lipinski definition) is 7. The molecule has 158 valence electrons. The first kappa shape index (κ1) is 22.1. The van der Waals surface area contributed by atoms with Gasteiger partial charge in [-0.15, -0.1) is 0 Å². The van der Waals surface area contributed by atoms with Crippen LogP contribution in [0.5, 0.6) is 0 Å². The van der Waals surface area contributed by atoms with Gasteiger partial charge in [0.25, 0.3) is 25.7 Å². The molecule has 0 bridgehead atoms. The zero-order chi connectivity index (χ0) is 22.3. The Kier molecular flexibility index (Phi) is 5.80. The van der Waals surface area contributed by atoms with E-state index in [4.69, 9.17) is 33.5 Å². The molecule has 0 aliphatic rings. The molecule has 0 aliphatic carbocycles. The van der Waals surface area contributed by atoms with E-state index in [9.17, 15) is 21.6 Å². The maximum atomic E-state index is 12.6.